The number of aromatic nitrogens is 1. The van der Waals surface area contributed by atoms with Crippen molar-refractivity contribution in [2.75, 3.05) is 0 Å². The van der Waals surface area contributed by atoms with Crippen LogP contribution in [0.15, 0.2) is 64.2 Å². The van der Waals surface area contributed by atoms with Crippen molar-refractivity contribution < 1.29 is 9.21 Å². The Bertz CT molecular complexity index is 794. The smallest absolute Gasteiger partial charge is 0.257 e. The number of hydrogen-bond acceptors (Lipinski definition) is 4. The lowest BCUT2D eigenvalue weighted by molar-refractivity contribution is -0.120. The standard InChI is InChI=1S/C18H16N2O2S/c21-17(19-13-10-11-13)16(12-6-2-1-3-7-12)23-18-20-14-8-4-5-9-15(14)22-18/h1-9,13,16H,10-11H2,(H,19,21)/t16-/m1/s1. The van der Waals surface area contributed by atoms with Crippen molar-refractivity contribution in [3.05, 3.63) is 60.2 Å². The summed E-state index contributed by atoms with van der Waals surface area (Å²) in [7, 11) is 0. The number of hydrogen-bond donors (Lipinski definition) is 1. The first-order chi connectivity index (χ1) is 11.3. The summed E-state index contributed by atoms with van der Waals surface area (Å²) in [6, 6.07) is 17.7. The summed E-state index contributed by atoms with van der Waals surface area (Å²) in [6.07, 6.45) is 2.14. The molecule has 0 unspecified atom stereocenters. The van der Waals surface area contributed by atoms with Gasteiger partial charge in [-0.05, 0) is 42.3 Å². The highest BCUT2D eigenvalue weighted by atomic mass is 32.2. The molecule has 1 amide bonds. The molecule has 0 radical (unpaired) electrons. The maximum atomic E-state index is 12.6. The van der Waals surface area contributed by atoms with Crippen LogP contribution in [0.5, 0.6) is 0 Å². The first kappa shape index (κ1) is 14.3. The second-order valence-corrected chi connectivity index (χ2v) is 6.70. The predicted octanol–water partition coefficient (Wildman–Crippen LogP) is 3.94. The number of amides is 1. The number of nitrogens with zero attached hydrogens (tertiary/aromatic N) is 1. The molecule has 1 aliphatic carbocycles. The number of benzene rings is 2. The van der Waals surface area contributed by atoms with E-state index in [1.807, 2.05) is 54.6 Å². The molecule has 5 heteroatoms. The molecule has 116 valence electrons. The third kappa shape index (κ3) is 3.24. The Morgan fingerprint density at radius 3 is 2.61 bits per heavy atom. The lowest BCUT2D eigenvalue weighted by atomic mass is 10.1. The fraction of sp³-hybridized carbons (Fsp3) is 0.222. The van der Waals surface area contributed by atoms with Crippen molar-refractivity contribution in [2.45, 2.75) is 29.4 Å². The van der Waals surface area contributed by atoms with Gasteiger partial charge in [0.25, 0.3) is 5.22 Å². The van der Waals surface area contributed by atoms with Crippen LogP contribution in [0.25, 0.3) is 11.1 Å². The Hall–Kier alpha value is -2.27. The van der Waals surface area contributed by atoms with Gasteiger partial charge < -0.3 is 9.73 Å². The average molecular weight is 324 g/mol. The number of thioether (sulfide) groups is 1. The van der Waals surface area contributed by atoms with Crippen molar-refractivity contribution in [2.24, 2.45) is 0 Å². The minimum atomic E-state index is -0.357. The molecule has 0 bridgehead atoms. The molecule has 4 rings (SSSR count). The van der Waals surface area contributed by atoms with E-state index in [0.717, 1.165) is 29.5 Å². The van der Waals surface area contributed by atoms with Gasteiger partial charge in [-0.3, -0.25) is 4.79 Å². The first-order valence-electron chi connectivity index (χ1n) is 7.67. The van der Waals surface area contributed by atoms with E-state index < -0.39 is 0 Å². The van der Waals surface area contributed by atoms with E-state index in [1.54, 1.807) is 0 Å². The number of rotatable bonds is 5. The van der Waals surface area contributed by atoms with Gasteiger partial charge in [-0.2, -0.15) is 0 Å². The SMILES string of the molecule is O=C(NC1CC1)[C@H](Sc1nc2ccccc2o1)c1ccccc1. The van der Waals surface area contributed by atoms with Crippen molar-refractivity contribution in [3.63, 3.8) is 0 Å². The minimum Gasteiger partial charge on any atom is -0.431 e. The monoisotopic (exact) mass is 324 g/mol. The van der Waals surface area contributed by atoms with Crippen molar-refractivity contribution in [3.8, 4) is 0 Å². The van der Waals surface area contributed by atoms with Crippen LogP contribution in [-0.4, -0.2) is 16.9 Å². The average Bonchev–Trinajstić information content (AvgIpc) is 3.29. The van der Waals surface area contributed by atoms with Gasteiger partial charge in [-0.1, -0.05) is 42.5 Å². The first-order valence-corrected chi connectivity index (χ1v) is 8.55. The third-order valence-corrected chi connectivity index (χ3v) is 4.86. The van der Waals surface area contributed by atoms with E-state index in [9.17, 15) is 4.79 Å². The largest absolute Gasteiger partial charge is 0.431 e. The number of oxazole rings is 1. The fourth-order valence-electron chi connectivity index (χ4n) is 2.41. The molecular weight excluding hydrogens is 308 g/mol. The third-order valence-electron chi connectivity index (χ3n) is 3.76. The zero-order chi connectivity index (χ0) is 15.6. The molecule has 1 N–H and O–H groups in total. The summed E-state index contributed by atoms with van der Waals surface area (Å²) < 4.78 is 5.76. The van der Waals surface area contributed by atoms with Crippen molar-refractivity contribution in [1.29, 1.82) is 0 Å². The molecule has 0 saturated heterocycles. The lowest BCUT2D eigenvalue weighted by Gasteiger charge is -2.14. The second kappa shape index (κ2) is 6.08. The van der Waals surface area contributed by atoms with Crippen molar-refractivity contribution >= 4 is 28.8 Å². The molecule has 4 nitrogen and oxygen atoms in total. The Morgan fingerprint density at radius 2 is 1.87 bits per heavy atom. The highest BCUT2D eigenvalue weighted by Gasteiger charge is 2.30. The lowest BCUT2D eigenvalue weighted by Crippen LogP contribution is -2.29. The van der Waals surface area contributed by atoms with E-state index in [1.165, 1.54) is 11.8 Å². The second-order valence-electron chi connectivity index (χ2n) is 5.64. The van der Waals surface area contributed by atoms with Crippen molar-refractivity contribution in [1.82, 2.24) is 10.3 Å². The van der Waals surface area contributed by atoms with Crippen LogP contribution in [0.4, 0.5) is 0 Å². The maximum Gasteiger partial charge on any atom is 0.257 e. The van der Waals surface area contributed by atoms with Crippen LogP contribution in [0.1, 0.15) is 23.7 Å². The summed E-state index contributed by atoms with van der Waals surface area (Å²) in [6.45, 7) is 0. The number of para-hydroxylation sites is 2. The Morgan fingerprint density at radius 1 is 1.13 bits per heavy atom. The van der Waals surface area contributed by atoms with E-state index in [4.69, 9.17) is 4.42 Å². The summed E-state index contributed by atoms with van der Waals surface area (Å²) in [5.74, 6) is 0.0194. The summed E-state index contributed by atoms with van der Waals surface area (Å²) in [5.41, 5.74) is 2.51. The topological polar surface area (TPSA) is 55.1 Å². The summed E-state index contributed by atoms with van der Waals surface area (Å²) in [4.78, 5) is 17.1. The molecule has 1 aliphatic rings. The van der Waals surface area contributed by atoms with Gasteiger partial charge in [0.15, 0.2) is 5.58 Å². The van der Waals surface area contributed by atoms with E-state index in [0.29, 0.717) is 11.3 Å². The Kier molecular flexibility index (Phi) is 3.79. The number of fused-ring (bicyclic) bond motifs is 1. The van der Waals surface area contributed by atoms with Gasteiger partial charge in [-0.25, -0.2) is 4.98 Å². The zero-order valence-corrected chi connectivity index (χ0v) is 13.3. The van der Waals surface area contributed by atoms with E-state index >= 15 is 0 Å². The van der Waals surface area contributed by atoms with Gasteiger partial charge in [0.2, 0.25) is 5.91 Å². The van der Waals surface area contributed by atoms with Crippen LogP contribution >= 0.6 is 11.8 Å². The summed E-state index contributed by atoms with van der Waals surface area (Å²) in [5, 5.41) is 3.24. The molecule has 2 aromatic carbocycles. The molecule has 1 atom stereocenters. The minimum absolute atomic E-state index is 0.0194. The van der Waals surface area contributed by atoms with Gasteiger partial charge in [0, 0.05) is 6.04 Å². The van der Waals surface area contributed by atoms with Gasteiger partial charge in [0.05, 0.1) is 0 Å². The molecule has 3 aromatic rings. The summed E-state index contributed by atoms with van der Waals surface area (Å²) >= 11 is 1.36. The predicted molar refractivity (Wildman–Crippen MR) is 90.2 cm³/mol. The number of carbonyl (C=O) groups excluding carboxylic acids is 1. The molecule has 23 heavy (non-hydrogen) atoms. The van der Waals surface area contributed by atoms with Gasteiger partial charge in [-0.15, -0.1) is 0 Å². The molecule has 1 fully saturated rings. The van der Waals surface area contributed by atoms with Gasteiger partial charge in [0.1, 0.15) is 10.8 Å². The number of carbonyl (C=O) groups is 1. The normalized spacial score (nSPS) is 15.5. The molecule has 0 spiro atoms. The number of nitrogens with one attached hydrogen (secondary N) is 1. The van der Waals surface area contributed by atoms with Crippen LogP contribution in [-0.2, 0) is 4.79 Å². The van der Waals surface area contributed by atoms with Crippen LogP contribution in [0.3, 0.4) is 0 Å². The molecule has 0 aliphatic heterocycles. The van der Waals surface area contributed by atoms with E-state index in [2.05, 4.69) is 10.3 Å². The van der Waals surface area contributed by atoms with Crippen LogP contribution < -0.4 is 5.32 Å². The van der Waals surface area contributed by atoms with Crippen LogP contribution in [0, 0.1) is 0 Å². The Balaban J connectivity index is 1.62. The highest BCUT2D eigenvalue weighted by molar-refractivity contribution is 8.00. The Labute approximate surface area is 138 Å². The highest BCUT2D eigenvalue weighted by Crippen LogP contribution is 2.37. The quantitative estimate of drug-likeness (QED) is 0.722. The van der Waals surface area contributed by atoms with Crippen LogP contribution in [0.2, 0.25) is 0 Å². The molecule has 1 heterocycles. The van der Waals surface area contributed by atoms with E-state index in [-0.39, 0.29) is 11.2 Å². The molecule has 1 saturated carbocycles. The van der Waals surface area contributed by atoms with Gasteiger partial charge >= 0.3 is 0 Å². The zero-order valence-electron chi connectivity index (χ0n) is 12.4. The maximum absolute atomic E-state index is 12.6. The molecule has 1 aromatic heterocycles. The fourth-order valence-corrected chi connectivity index (χ4v) is 3.37. The molecular formula is C18H16N2O2S.